The van der Waals surface area contributed by atoms with Gasteiger partial charge in [-0.15, -0.1) is 0 Å². The molecule has 2 aromatic rings. The van der Waals surface area contributed by atoms with E-state index in [1.165, 1.54) is 16.0 Å². The van der Waals surface area contributed by atoms with Crippen LogP contribution in [0.4, 0.5) is 0 Å². The number of carbonyl (C=O) groups excluding carboxylic acids is 2. The van der Waals surface area contributed by atoms with Gasteiger partial charge in [-0.3, -0.25) is 14.5 Å². The van der Waals surface area contributed by atoms with E-state index in [9.17, 15) is 9.59 Å². The van der Waals surface area contributed by atoms with Gasteiger partial charge in [0.25, 0.3) is 11.8 Å². The third-order valence-corrected chi connectivity index (χ3v) is 4.58. The van der Waals surface area contributed by atoms with Crippen molar-refractivity contribution < 1.29 is 14.9 Å². The third-order valence-electron chi connectivity index (χ3n) is 4.58. The number of hydrogen-bond acceptors (Lipinski definition) is 2. The third kappa shape index (κ3) is 1.96. The van der Waals surface area contributed by atoms with Crippen LogP contribution in [0.5, 0.6) is 0 Å². The van der Waals surface area contributed by atoms with Crippen LogP contribution in [-0.4, -0.2) is 29.8 Å². The highest BCUT2D eigenvalue weighted by Crippen LogP contribution is 2.26. The largest absolute Gasteiger partial charge is 0.338 e. The van der Waals surface area contributed by atoms with Crippen molar-refractivity contribution in [3.63, 3.8) is 0 Å². The molecule has 0 spiro atoms. The molecule has 0 saturated heterocycles. The molecule has 2 aliphatic heterocycles. The molecule has 22 heavy (non-hydrogen) atoms. The number of fused-ring (bicyclic) bond motifs is 2. The van der Waals surface area contributed by atoms with E-state index in [1.54, 1.807) is 24.3 Å². The Morgan fingerprint density at radius 2 is 1.59 bits per heavy atom. The van der Waals surface area contributed by atoms with E-state index in [2.05, 4.69) is 17.4 Å². The predicted octanol–water partition coefficient (Wildman–Crippen LogP) is 1.14. The number of rotatable bonds is 2. The summed E-state index contributed by atoms with van der Waals surface area (Å²) in [5.74, 6) is -0.339. The lowest BCUT2D eigenvalue weighted by Gasteiger charge is -2.26. The van der Waals surface area contributed by atoms with Crippen molar-refractivity contribution in [3.8, 4) is 0 Å². The fourth-order valence-corrected chi connectivity index (χ4v) is 3.47. The Kier molecular flexibility index (Phi) is 3.05. The summed E-state index contributed by atoms with van der Waals surface area (Å²) < 4.78 is 0. The molecule has 0 aromatic heterocycles. The van der Waals surface area contributed by atoms with Crippen LogP contribution in [0.1, 0.15) is 37.9 Å². The first-order chi connectivity index (χ1) is 10.8. The van der Waals surface area contributed by atoms with Gasteiger partial charge in [-0.05, 0) is 17.7 Å². The molecule has 4 heteroatoms. The van der Waals surface area contributed by atoms with Gasteiger partial charge in [-0.25, -0.2) is 0 Å². The molecule has 2 amide bonds. The molecule has 110 valence electrons. The summed E-state index contributed by atoms with van der Waals surface area (Å²) in [5.41, 5.74) is 3.62. The average Bonchev–Trinajstić information content (AvgIpc) is 2.81. The van der Waals surface area contributed by atoms with Gasteiger partial charge in [0.05, 0.1) is 24.2 Å². The Morgan fingerprint density at radius 3 is 2.32 bits per heavy atom. The lowest BCUT2D eigenvalue weighted by molar-refractivity contribution is -0.698. The van der Waals surface area contributed by atoms with Crippen LogP contribution in [0.15, 0.2) is 48.5 Å². The first kappa shape index (κ1) is 13.2. The SMILES string of the molecule is O=C1c2ccccc2C(=O)N1C[C@@H]1[NH2+]CCc2ccccc21. The highest BCUT2D eigenvalue weighted by atomic mass is 16.2. The Bertz CT molecular complexity index is 734. The van der Waals surface area contributed by atoms with Crippen molar-refractivity contribution in [2.75, 3.05) is 13.1 Å². The van der Waals surface area contributed by atoms with E-state index in [1.807, 2.05) is 12.1 Å². The van der Waals surface area contributed by atoms with Crippen molar-refractivity contribution in [2.45, 2.75) is 12.5 Å². The Hall–Kier alpha value is -2.46. The van der Waals surface area contributed by atoms with Crippen LogP contribution in [-0.2, 0) is 6.42 Å². The number of benzene rings is 2. The number of quaternary nitrogens is 1. The van der Waals surface area contributed by atoms with E-state index in [0.29, 0.717) is 17.7 Å². The van der Waals surface area contributed by atoms with Crippen molar-refractivity contribution in [1.29, 1.82) is 0 Å². The van der Waals surface area contributed by atoms with Crippen LogP contribution in [0.2, 0.25) is 0 Å². The predicted molar refractivity (Wildman–Crippen MR) is 81.5 cm³/mol. The number of carbonyl (C=O) groups is 2. The zero-order valence-corrected chi connectivity index (χ0v) is 12.2. The van der Waals surface area contributed by atoms with Crippen molar-refractivity contribution in [1.82, 2.24) is 4.90 Å². The zero-order valence-electron chi connectivity index (χ0n) is 12.2. The lowest BCUT2D eigenvalue weighted by atomic mass is 9.94. The number of nitrogens with two attached hydrogens (primary N) is 1. The van der Waals surface area contributed by atoms with E-state index in [4.69, 9.17) is 0 Å². The Morgan fingerprint density at radius 1 is 0.955 bits per heavy atom. The molecule has 0 radical (unpaired) electrons. The average molecular weight is 293 g/mol. The molecular weight excluding hydrogens is 276 g/mol. The van der Waals surface area contributed by atoms with Gasteiger partial charge in [-0.1, -0.05) is 36.4 Å². The maximum absolute atomic E-state index is 12.5. The van der Waals surface area contributed by atoms with Crippen LogP contribution in [0.3, 0.4) is 0 Å². The molecule has 2 aromatic carbocycles. The first-order valence-electron chi connectivity index (χ1n) is 7.62. The van der Waals surface area contributed by atoms with E-state index in [0.717, 1.165) is 13.0 Å². The molecule has 0 unspecified atom stereocenters. The smallest absolute Gasteiger partial charge is 0.261 e. The number of nitrogens with zero attached hydrogens (tertiary/aromatic N) is 1. The quantitative estimate of drug-likeness (QED) is 0.844. The van der Waals surface area contributed by atoms with Crippen molar-refractivity contribution >= 4 is 11.8 Å². The van der Waals surface area contributed by atoms with Gasteiger partial charge in [-0.2, -0.15) is 0 Å². The van der Waals surface area contributed by atoms with Crippen LogP contribution >= 0.6 is 0 Å². The molecule has 0 saturated carbocycles. The summed E-state index contributed by atoms with van der Waals surface area (Å²) in [6.45, 7) is 1.42. The molecule has 1 atom stereocenters. The lowest BCUT2D eigenvalue weighted by Crippen LogP contribution is -2.88. The van der Waals surface area contributed by atoms with Gasteiger partial charge < -0.3 is 5.32 Å². The summed E-state index contributed by atoms with van der Waals surface area (Å²) in [6, 6.07) is 15.5. The molecule has 2 N–H and O–H groups in total. The van der Waals surface area contributed by atoms with Crippen LogP contribution in [0.25, 0.3) is 0 Å². The fraction of sp³-hybridized carbons (Fsp3) is 0.222. The Balaban J connectivity index is 1.64. The normalized spacial score (nSPS) is 20.0. The van der Waals surface area contributed by atoms with Crippen LogP contribution < -0.4 is 5.32 Å². The second-order valence-electron chi connectivity index (χ2n) is 5.85. The molecule has 2 aliphatic rings. The second-order valence-corrected chi connectivity index (χ2v) is 5.85. The van der Waals surface area contributed by atoms with Gasteiger partial charge in [0.2, 0.25) is 0 Å². The highest BCUT2D eigenvalue weighted by molar-refractivity contribution is 6.21. The van der Waals surface area contributed by atoms with E-state index < -0.39 is 0 Å². The van der Waals surface area contributed by atoms with E-state index in [-0.39, 0.29) is 17.9 Å². The van der Waals surface area contributed by atoms with Gasteiger partial charge in [0, 0.05) is 12.0 Å². The second kappa shape index (κ2) is 5.07. The molecule has 4 rings (SSSR count). The molecule has 0 bridgehead atoms. The maximum atomic E-state index is 12.5. The number of hydrogen-bond donors (Lipinski definition) is 1. The van der Waals surface area contributed by atoms with Gasteiger partial charge in [0.15, 0.2) is 0 Å². The summed E-state index contributed by atoms with van der Waals surface area (Å²) in [4.78, 5) is 26.4. The maximum Gasteiger partial charge on any atom is 0.261 e. The number of imide groups is 1. The summed E-state index contributed by atoms with van der Waals surface area (Å²) in [5, 5.41) is 2.23. The first-order valence-corrected chi connectivity index (χ1v) is 7.62. The van der Waals surface area contributed by atoms with Crippen molar-refractivity contribution in [2.24, 2.45) is 0 Å². The molecular formula is C18H17N2O2+. The number of amides is 2. The Labute approximate surface area is 128 Å². The zero-order chi connectivity index (χ0) is 15.1. The monoisotopic (exact) mass is 293 g/mol. The van der Waals surface area contributed by atoms with Crippen molar-refractivity contribution in [3.05, 3.63) is 70.8 Å². The van der Waals surface area contributed by atoms with Gasteiger partial charge >= 0.3 is 0 Å². The molecule has 2 heterocycles. The minimum Gasteiger partial charge on any atom is -0.338 e. The standard InChI is InChI=1S/C18H16N2O2/c21-17-14-7-3-4-8-15(14)18(22)20(17)11-16-13-6-2-1-5-12(13)9-10-19-16/h1-8,16,19H,9-11H2/p+1/t16-/m0/s1. The van der Waals surface area contributed by atoms with E-state index >= 15 is 0 Å². The minimum absolute atomic E-state index is 0.132. The molecule has 0 aliphatic carbocycles. The molecule has 4 nitrogen and oxygen atoms in total. The fourth-order valence-electron chi connectivity index (χ4n) is 3.47. The minimum atomic E-state index is -0.169. The summed E-state index contributed by atoms with van der Waals surface area (Å²) >= 11 is 0. The summed E-state index contributed by atoms with van der Waals surface area (Å²) in [6.07, 6.45) is 1.04. The topological polar surface area (TPSA) is 54.0 Å². The highest BCUT2D eigenvalue weighted by Gasteiger charge is 2.38. The molecule has 0 fully saturated rings. The summed E-state index contributed by atoms with van der Waals surface area (Å²) in [7, 11) is 0. The van der Waals surface area contributed by atoms with Gasteiger partial charge in [0.1, 0.15) is 6.04 Å². The van der Waals surface area contributed by atoms with Crippen LogP contribution in [0, 0.1) is 0 Å².